The van der Waals surface area contributed by atoms with Gasteiger partial charge in [0.2, 0.25) is 0 Å². The zero-order valence-corrected chi connectivity index (χ0v) is 18.0. The molecule has 3 rings (SSSR count). The molecule has 0 aliphatic carbocycles. The standard InChI is InChI=1S/C22H25ClN4O3/c1-15(2)12-17-13-20(26(3)25-17)24-22(29)16-8-9-21(28)27(14-16)10-11-30-19-7-5-4-6-18(19)23/h4-9,13-15H,10-12H2,1-3H3,(H,24,29). The zero-order valence-electron chi connectivity index (χ0n) is 17.3. The number of hydrogen-bond acceptors (Lipinski definition) is 4. The maximum Gasteiger partial charge on any atom is 0.258 e. The summed E-state index contributed by atoms with van der Waals surface area (Å²) >= 11 is 6.07. The minimum Gasteiger partial charge on any atom is -0.490 e. The van der Waals surface area contributed by atoms with Gasteiger partial charge in [-0.15, -0.1) is 0 Å². The van der Waals surface area contributed by atoms with Crippen LogP contribution in [0.1, 0.15) is 29.9 Å². The molecule has 8 heteroatoms. The number of nitrogens with one attached hydrogen (secondary N) is 1. The van der Waals surface area contributed by atoms with Crippen LogP contribution in [0, 0.1) is 5.92 Å². The van der Waals surface area contributed by atoms with E-state index in [2.05, 4.69) is 24.3 Å². The Labute approximate surface area is 180 Å². The Morgan fingerprint density at radius 3 is 2.73 bits per heavy atom. The number of carbonyl (C=O) groups excluding carboxylic acids is 1. The third-order valence-electron chi connectivity index (χ3n) is 4.46. The molecule has 0 aliphatic rings. The molecule has 0 saturated heterocycles. The molecule has 7 nitrogen and oxygen atoms in total. The van der Waals surface area contributed by atoms with E-state index >= 15 is 0 Å². The van der Waals surface area contributed by atoms with Gasteiger partial charge in [0.05, 0.1) is 22.8 Å². The summed E-state index contributed by atoms with van der Waals surface area (Å²) in [4.78, 5) is 24.8. The van der Waals surface area contributed by atoms with Gasteiger partial charge in [-0.1, -0.05) is 37.6 Å². The Balaban J connectivity index is 1.67. The summed E-state index contributed by atoms with van der Waals surface area (Å²) in [5, 5.41) is 7.78. The lowest BCUT2D eigenvalue weighted by Gasteiger charge is -2.11. The first kappa shape index (κ1) is 21.6. The molecule has 2 aromatic heterocycles. The lowest BCUT2D eigenvalue weighted by Crippen LogP contribution is -2.24. The first-order chi connectivity index (χ1) is 14.3. The fraction of sp³-hybridized carbons (Fsp3) is 0.318. The number of anilines is 1. The fourth-order valence-electron chi connectivity index (χ4n) is 3.01. The van der Waals surface area contributed by atoms with Gasteiger partial charge in [0.25, 0.3) is 11.5 Å². The van der Waals surface area contributed by atoms with Gasteiger partial charge < -0.3 is 14.6 Å². The van der Waals surface area contributed by atoms with Gasteiger partial charge in [-0.25, -0.2) is 0 Å². The number of aromatic nitrogens is 3. The average Bonchev–Trinajstić information content (AvgIpc) is 3.02. The number of carbonyl (C=O) groups is 1. The van der Waals surface area contributed by atoms with E-state index in [1.165, 1.54) is 22.9 Å². The molecule has 0 bridgehead atoms. The predicted molar refractivity (Wildman–Crippen MR) is 117 cm³/mol. The van der Waals surface area contributed by atoms with Crippen LogP contribution in [0.2, 0.25) is 5.02 Å². The van der Waals surface area contributed by atoms with Gasteiger partial charge in [0.15, 0.2) is 0 Å². The van der Waals surface area contributed by atoms with Crippen LogP contribution in [-0.4, -0.2) is 26.9 Å². The second kappa shape index (κ2) is 9.63. The molecule has 3 aromatic rings. The van der Waals surface area contributed by atoms with E-state index < -0.39 is 0 Å². The number of benzene rings is 1. The Kier molecular flexibility index (Phi) is 6.95. The van der Waals surface area contributed by atoms with Crippen molar-refractivity contribution in [2.75, 3.05) is 11.9 Å². The third-order valence-corrected chi connectivity index (χ3v) is 4.77. The summed E-state index contributed by atoms with van der Waals surface area (Å²) in [5.41, 5.74) is 1.08. The van der Waals surface area contributed by atoms with Crippen molar-refractivity contribution in [3.05, 3.63) is 75.3 Å². The Bertz CT molecular complexity index is 1090. The maximum atomic E-state index is 12.7. The molecule has 30 heavy (non-hydrogen) atoms. The lowest BCUT2D eigenvalue weighted by atomic mass is 10.1. The smallest absolute Gasteiger partial charge is 0.258 e. The lowest BCUT2D eigenvalue weighted by molar-refractivity contribution is 0.102. The SMILES string of the molecule is CC(C)Cc1cc(NC(=O)c2ccc(=O)n(CCOc3ccccc3Cl)c2)n(C)n1. The summed E-state index contributed by atoms with van der Waals surface area (Å²) in [6.07, 6.45) is 2.36. The summed E-state index contributed by atoms with van der Waals surface area (Å²) in [5.74, 6) is 1.32. The van der Waals surface area contributed by atoms with Crippen LogP contribution in [-0.2, 0) is 20.0 Å². The Morgan fingerprint density at radius 2 is 2.00 bits per heavy atom. The predicted octanol–water partition coefficient (Wildman–Crippen LogP) is 3.77. The summed E-state index contributed by atoms with van der Waals surface area (Å²) in [6.45, 7) is 4.77. The van der Waals surface area contributed by atoms with Gasteiger partial charge >= 0.3 is 0 Å². The van der Waals surface area contributed by atoms with Crippen molar-refractivity contribution < 1.29 is 9.53 Å². The van der Waals surface area contributed by atoms with Crippen molar-refractivity contribution in [1.29, 1.82) is 0 Å². The van der Waals surface area contributed by atoms with Crippen LogP contribution in [0.25, 0.3) is 0 Å². The first-order valence-corrected chi connectivity index (χ1v) is 10.1. The second-order valence-corrected chi connectivity index (χ2v) is 7.83. The molecular formula is C22H25ClN4O3. The highest BCUT2D eigenvalue weighted by Crippen LogP contribution is 2.22. The van der Waals surface area contributed by atoms with Gasteiger partial charge in [0, 0.05) is 25.4 Å². The van der Waals surface area contributed by atoms with Crippen LogP contribution >= 0.6 is 11.6 Å². The van der Waals surface area contributed by atoms with Crippen molar-refractivity contribution in [3.8, 4) is 5.75 Å². The van der Waals surface area contributed by atoms with E-state index in [0.29, 0.717) is 28.1 Å². The number of halogens is 1. The van der Waals surface area contributed by atoms with Crippen molar-refractivity contribution in [3.63, 3.8) is 0 Å². The normalized spacial score (nSPS) is 11.0. The number of amides is 1. The molecule has 1 aromatic carbocycles. The van der Waals surface area contributed by atoms with Gasteiger partial charge in [0.1, 0.15) is 18.2 Å². The first-order valence-electron chi connectivity index (χ1n) is 9.75. The van der Waals surface area contributed by atoms with Crippen LogP contribution in [0.3, 0.4) is 0 Å². The largest absolute Gasteiger partial charge is 0.490 e. The minimum absolute atomic E-state index is 0.214. The van der Waals surface area contributed by atoms with E-state index in [1.54, 1.807) is 23.9 Å². The zero-order chi connectivity index (χ0) is 21.7. The van der Waals surface area contributed by atoms with Gasteiger partial charge in [-0.3, -0.25) is 14.3 Å². The molecule has 0 radical (unpaired) electrons. The maximum absolute atomic E-state index is 12.7. The Morgan fingerprint density at radius 1 is 1.23 bits per heavy atom. The molecule has 2 heterocycles. The summed E-state index contributed by atoms with van der Waals surface area (Å²) < 4.78 is 8.72. The number of ether oxygens (including phenoxy) is 1. The highest BCUT2D eigenvalue weighted by Gasteiger charge is 2.13. The third kappa shape index (κ3) is 5.51. The van der Waals surface area contributed by atoms with Crippen LogP contribution in [0.4, 0.5) is 5.82 Å². The van der Waals surface area contributed by atoms with Crippen molar-refractivity contribution in [2.45, 2.75) is 26.8 Å². The molecule has 0 aliphatic heterocycles. The molecule has 158 valence electrons. The van der Waals surface area contributed by atoms with Crippen LogP contribution in [0.15, 0.2) is 53.5 Å². The summed E-state index contributed by atoms with van der Waals surface area (Å²) in [7, 11) is 1.78. The molecule has 1 amide bonds. The van der Waals surface area contributed by atoms with E-state index in [9.17, 15) is 9.59 Å². The molecule has 0 fully saturated rings. The number of rotatable bonds is 8. The van der Waals surface area contributed by atoms with Crippen LogP contribution in [0.5, 0.6) is 5.75 Å². The Hall–Kier alpha value is -3.06. The molecule has 1 N–H and O–H groups in total. The average molecular weight is 429 g/mol. The van der Waals surface area contributed by atoms with Crippen molar-refractivity contribution in [1.82, 2.24) is 14.3 Å². The van der Waals surface area contributed by atoms with Crippen molar-refractivity contribution in [2.24, 2.45) is 13.0 Å². The number of pyridine rings is 1. The number of para-hydroxylation sites is 1. The minimum atomic E-state index is -0.310. The fourth-order valence-corrected chi connectivity index (χ4v) is 3.20. The second-order valence-electron chi connectivity index (χ2n) is 7.42. The van der Waals surface area contributed by atoms with Crippen LogP contribution < -0.4 is 15.6 Å². The van der Waals surface area contributed by atoms with Gasteiger partial charge in [-0.2, -0.15) is 5.10 Å². The number of aryl methyl sites for hydroxylation is 1. The number of hydrogen-bond donors (Lipinski definition) is 1. The summed E-state index contributed by atoms with van der Waals surface area (Å²) in [6, 6.07) is 11.9. The van der Waals surface area contributed by atoms with E-state index in [1.807, 2.05) is 18.2 Å². The highest BCUT2D eigenvalue weighted by molar-refractivity contribution is 6.32. The van der Waals surface area contributed by atoms with Crippen molar-refractivity contribution >= 4 is 23.3 Å². The van der Waals surface area contributed by atoms with Gasteiger partial charge in [-0.05, 0) is 30.5 Å². The molecule has 0 atom stereocenters. The van der Waals surface area contributed by atoms with E-state index in [-0.39, 0.29) is 24.6 Å². The van der Waals surface area contributed by atoms with E-state index in [0.717, 1.165) is 12.1 Å². The van der Waals surface area contributed by atoms with E-state index in [4.69, 9.17) is 16.3 Å². The number of nitrogens with zero attached hydrogens (tertiary/aromatic N) is 3. The molecular weight excluding hydrogens is 404 g/mol. The molecule has 0 unspecified atom stereocenters. The topological polar surface area (TPSA) is 78.1 Å². The molecule has 0 spiro atoms. The monoisotopic (exact) mass is 428 g/mol. The highest BCUT2D eigenvalue weighted by atomic mass is 35.5. The molecule has 0 saturated carbocycles. The quantitative estimate of drug-likeness (QED) is 0.592.